The van der Waals surface area contributed by atoms with Gasteiger partial charge in [-0.25, -0.2) is 0 Å². The number of hydrogen-bond acceptors (Lipinski definition) is 2. The fourth-order valence-corrected chi connectivity index (χ4v) is 3.13. The molecule has 4 heteroatoms. The Morgan fingerprint density at radius 1 is 1.25 bits per heavy atom. The Kier molecular flexibility index (Phi) is 3.47. The highest BCUT2D eigenvalue weighted by Gasteiger charge is 2.25. The van der Waals surface area contributed by atoms with E-state index in [4.69, 9.17) is 0 Å². The van der Waals surface area contributed by atoms with Gasteiger partial charge in [-0.15, -0.1) is 0 Å². The number of hydrogen-bond donors (Lipinski definition) is 1. The van der Waals surface area contributed by atoms with Crippen molar-refractivity contribution in [3.05, 3.63) is 29.3 Å². The maximum Gasteiger partial charge on any atom is 0.251 e. The van der Waals surface area contributed by atoms with E-state index < -0.39 is 0 Å². The Morgan fingerprint density at radius 3 is 2.75 bits per heavy atom. The van der Waals surface area contributed by atoms with Crippen LogP contribution in [0.15, 0.2) is 18.2 Å². The molecule has 1 aromatic rings. The lowest BCUT2D eigenvalue weighted by Gasteiger charge is -2.22. The predicted octanol–water partition coefficient (Wildman–Crippen LogP) is 2.27. The van der Waals surface area contributed by atoms with E-state index in [2.05, 4.69) is 5.32 Å². The Hall–Kier alpha value is -1.84. The van der Waals surface area contributed by atoms with Gasteiger partial charge in [-0.3, -0.25) is 9.59 Å². The normalized spacial score (nSPS) is 19.1. The zero-order valence-corrected chi connectivity index (χ0v) is 11.8. The van der Waals surface area contributed by atoms with Crippen LogP contribution in [-0.2, 0) is 11.2 Å². The lowest BCUT2D eigenvalue weighted by atomic mass is 9.95. The molecule has 2 aliphatic rings. The number of likely N-dealkylation sites (N-methyl/N-ethyl adjacent to an activating group) is 1. The number of amides is 2. The summed E-state index contributed by atoms with van der Waals surface area (Å²) >= 11 is 0. The number of carbonyl (C=O) groups excluding carboxylic acids is 2. The van der Waals surface area contributed by atoms with Crippen molar-refractivity contribution in [1.82, 2.24) is 5.32 Å². The standard InChI is InChI=1S/C16H20N2O2/c1-18-14-8-7-11(9-12(14)10-15(18)19)16(20)17-13-5-3-2-4-6-13/h7-9,13H,2-6,10H2,1H3,(H,17,20). The third kappa shape index (κ3) is 2.42. The summed E-state index contributed by atoms with van der Waals surface area (Å²) in [5.74, 6) is 0.0755. The molecule has 0 saturated heterocycles. The van der Waals surface area contributed by atoms with Crippen molar-refractivity contribution in [3.63, 3.8) is 0 Å². The highest BCUT2D eigenvalue weighted by atomic mass is 16.2. The lowest BCUT2D eigenvalue weighted by Crippen LogP contribution is -2.36. The maximum atomic E-state index is 12.3. The molecule has 2 amide bonds. The van der Waals surface area contributed by atoms with Gasteiger partial charge < -0.3 is 10.2 Å². The molecule has 0 bridgehead atoms. The van der Waals surface area contributed by atoms with Crippen molar-refractivity contribution in [2.75, 3.05) is 11.9 Å². The lowest BCUT2D eigenvalue weighted by molar-refractivity contribution is -0.117. The summed E-state index contributed by atoms with van der Waals surface area (Å²) in [6, 6.07) is 5.85. The topological polar surface area (TPSA) is 49.4 Å². The fraction of sp³-hybridized carbons (Fsp3) is 0.500. The van der Waals surface area contributed by atoms with Crippen molar-refractivity contribution in [2.45, 2.75) is 44.6 Å². The highest BCUT2D eigenvalue weighted by Crippen LogP contribution is 2.28. The Morgan fingerprint density at radius 2 is 2.00 bits per heavy atom. The highest BCUT2D eigenvalue weighted by molar-refractivity contribution is 6.03. The van der Waals surface area contributed by atoms with E-state index >= 15 is 0 Å². The molecule has 0 aromatic heterocycles. The van der Waals surface area contributed by atoms with Crippen molar-refractivity contribution in [3.8, 4) is 0 Å². The molecule has 1 saturated carbocycles. The molecule has 1 aliphatic carbocycles. The number of anilines is 1. The van der Waals surface area contributed by atoms with E-state index in [0.29, 0.717) is 18.0 Å². The van der Waals surface area contributed by atoms with Gasteiger partial charge in [0.25, 0.3) is 5.91 Å². The summed E-state index contributed by atoms with van der Waals surface area (Å²) < 4.78 is 0. The quantitative estimate of drug-likeness (QED) is 0.898. The van der Waals surface area contributed by atoms with Gasteiger partial charge in [0, 0.05) is 24.3 Å². The first-order chi connectivity index (χ1) is 9.65. The van der Waals surface area contributed by atoms with Gasteiger partial charge in [-0.05, 0) is 36.6 Å². The number of nitrogens with one attached hydrogen (secondary N) is 1. The molecule has 1 fully saturated rings. The molecular formula is C16H20N2O2. The molecule has 3 rings (SSSR count). The van der Waals surface area contributed by atoms with Gasteiger partial charge in [0.05, 0.1) is 6.42 Å². The zero-order valence-electron chi connectivity index (χ0n) is 11.8. The van der Waals surface area contributed by atoms with Gasteiger partial charge in [0.2, 0.25) is 5.91 Å². The van der Waals surface area contributed by atoms with E-state index in [1.165, 1.54) is 19.3 Å². The van der Waals surface area contributed by atoms with Crippen LogP contribution in [0.1, 0.15) is 48.0 Å². The maximum absolute atomic E-state index is 12.3. The second kappa shape index (κ2) is 5.27. The van der Waals surface area contributed by atoms with Gasteiger partial charge in [-0.2, -0.15) is 0 Å². The molecule has 0 spiro atoms. The molecule has 0 atom stereocenters. The fourth-order valence-electron chi connectivity index (χ4n) is 3.13. The van der Waals surface area contributed by atoms with Crippen molar-refractivity contribution in [2.24, 2.45) is 0 Å². The van der Waals surface area contributed by atoms with Crippen LogP contribution in [0.3, 0.4) is 0 Å². The van der Waals surface area contributed by atoms with Crippen LogP contribution in [0.4, 0.5) is 5.69 Å². The van der Waals surface area contributed by atoms with Crippen LogP contribution >= 0.6 is 0 Å². The summed E-state index contributed by atoms with van der Waals surface area (Å²) in [6.07, 6.45) is 6.24. The van der Waals surface area contributed by atoms with Crippen LogP contribution in [0, 0.1) is 0 Å². The average molecular weight is 272 g/mol. The van der Waals surface area contributed by atoms with Crippen LogP contribution in [-0.4, -0.2) is 24.9 Å². The van der Waals surface area contributed by atoms with Crippen molar-refractivity contribution in [1.29, 1.82) is 0 Å². The Labute approximate surface area is 119 Å². The monoisotopic (exact) mass is 272 g/mol. The molecule has 1 aliphatic heterocycles. The second-order valence-electron chi connectivity index (χ2n) is 5.78. The minimum Gasteiger partial charge on any atom is -0.349 e. The van der Waals surface area contributed by atoms with Gasteiger partial charge in [0.15, 0.2) is 0 Å². The smallest absolute Gasteiger partial charge is 0.251 e. The summed E-state index contributed by atoms with van der Waals surface area (Å²) in [7, 11) is 1.77. The molecule has 4 nitrogen and oxygen atoms in total. The molecule has 0 unspecified atom stereocenters. The molecule has 0 radical (unpaired) electrons. The Balaban J connectivity index is 1.73. The second-order valence-corrected chi connectivity index (χ2v) is 5.78. The number of fused-ring (bicyclic) bond motifs is 1. The van der Waals surface area contributed by atoms with Crippen LogP contribution in [0.2, 0.25) is 0 Å². The van der Waals surface area contributed by atoms with E-state index in [1.807, 2.05) is 18.2 Å². The molecule has 1 N–H and O–H groups in total. The SMILES string of the molecule is CN1C(=O)Cc2cc(C(=O)NC3CCCCC3)ccc21. The number of rotatable bonds is 2. The summed E-state index contributed by atoms with van der Waals surface area (Å²) in [6.45, 7) is 0. The average Bonchev–Trinajstić information content (AvgIpc) is 2.74. The van der Waals surface area contributed by atoms with Gasteiger partial charge in [-0.1, -0.05) is 19.3 Å². The summed E-state index contributed by atoms with van der Waals surface area (Å²) in [5, 5.41) is 3.11. The van der Waals surface area contributed by atoms with Crippen molar-refractivity contribution >= 4 is 17.5 Å². The summed E-state index contributed by atoms with van der Waals surface area (Å²) in [4.78, 5) is 25.6. The first-order valence-corrected chi connectivity index (χ1v) is 7.35. The predicted molar refractivity (Wildman–Crippen MR) is 77.9 cm³/mol. The van der Waals surface area contributed by atoms with E-state index in [1.54, 1.807) is 11.9 Å². The molecular weight excluding hydrogens is 252 g/mol. The summed E-state index contributed by atoms with van der Waals surface area (Å²) in [5.41, 5.74) is 2.54. The minimum atomic E-state index is -0.0123. The third-order valence-corrected chi connectivity index (χ3v) is 4.36. The largest absolute Gasteiger partial charge is 0.349 e. The van der Waals surface area contributed by atoms with E-state index in [9.17, 15) is 9.59 Å². The number of carbonyl (C=O) groups is 2. The molecule has 20 heavy (non-hydrogen) atoms. The van der Waals surface area contributed by atoms with Gasteiger partial charge >= 0.3 is 0 Å². The molecule has 1 aromatic carbocycles. The van der Waals surface area contributed by atoms with Crippen molar-refractivity contribution < 1.29 is 9.59 Å². The van der Waals surface area contributed by atoms with Crippen LogP contribution < -0.4 is 10.2 Å². The number of benzene rings is 1. The first kappa shape index (κ1) is 13.2. The third-order valence-electron chi connectivity index (χ3n) is 4.36. The van der Waals surface area contributed by atoms with E-state index in [0.717, 1.165) is 24.1 Å². The Bertz CT molecular complexity index is 547. The molecule has 106 valence electrons. The van der Waals surface area contributed by atoms with Crippen LogP contribution in [0.25, 0.3) is 0 Å². The van der Waals surface area contributed by atoms with E-state index in [-0.39, 0.29) is 11.8 Å². The number of nitrogens with zero attached hydrogens (tertiary/aromatic N) is 1. The van der Waals surface area contributed by atoms with Crippen LogP contribution in [0.5, 0.6) is 0 Å². The first-order valence-electron chi connectivity index (χ1n) is 7.35. The zero-order chi connectivity index (χ0) is 14.1. The molecule has 1 heterocycles. The van der Waals surface area contributed by atoms with Gasteiger partial charge in [0.1, 0.15) is 0 Å². The minimum absolute atomic E-state index is 0.0123.